The molecule has 31 heavy (non-hydrogen) atoms. The van der Waals surface area contributed by atoms with Crippen molar-refractivity contribution in [1.29, 1.82) is 0 Å². The lowest BCUT2D eigenvalue weighted by Crippen LogP contribution is -2.23. The van der Waals surface area contributed by atoms with E-state index < -0.39 is 5.82 Å². The lowest BCUT2D eigenvalue weighted by molar-refractivity contribution is -0.120. The summed E-state index contributed by atoms with van der Waals surface area (Å²) in [5, 5.41) is 2.74. The molecule has 160 valence electrons. The first-order valence-electron chi connectivity index (χ1n) is 9.97. The Kier molecular flexibility index (Phi) is 5.79. The third-order valence-electron chi connectivity index (χ3n) is 5.48. The van der Waals surface area contributed by atoms with Crippen molar-refractivity contribution >= 4 is 11.6 Å². The largest absolute Gasteiger partial charge is 0.494 e. The van der Waals surface area contributed by atoms with Crippen LogP contribution in [0.1, 0.15) is 24.1 Å². The maximum absolute atomic E-state index is 13.9. The number of aryl methyl sites for hydroxylation is 1. The monoisotopic (exact) mass is 425 g/mol. The predicted octanol–water partition coefficient (Wildman–Crippen LogP) is 3.86. The molecule has 1 aromatic heterocycles. The average Bonchev–Trinajstić information content (AvgIpc) is 2.97. The summed E-state index contributed by atoms with van der Waals surface area (Å²) in [5.74, 6) is -1.02. The van der Waals surface area contributed by atoms with Gasteiger partial charge in [0.05, 0.1) is 12.8 Å². The Balaban J connectivity index is 1.50. The summed E-state index contributed by atoms with van der Waals surface area (Å²) in [6, 6.07) is 9.97. The smallest absolute Gasteiger partial charge is 0.254 e. The number of carbonyl (C=O) groups excluding carboxylic acids is 1. The molecule has 1 unspecified atom stereocenters. The molecule has 1 aliphatic rings. The maximum Gasteiger partial charge on any atom is 0.254 e. The van der Waals surface area contributed by atoms with Crippen LogP contribution in [0.5, 0.6) is 5.75 Å². The van der Waals surface area contributed by atoms with E-state index >= 15 is 0 Å². The minimum absolute atomic E-state index is 0.102. The minimum atomic E-state index is -0.558. The Morgan fingerprint density at radius 1 is 1.13 bits per heavy atom. The van der Waals surface area contributed by atoms with Crippen LogP contribution >= 0.6 is 0 Å². The van der Waals surface area contributed by atoms with Gasteiger partial charge in [0.15, 0.2) is 11.6 Å². The number of fused-ring (bicyclic) bond motifs is 1. The molecule has 1 amide bonds. The minimum Gasteiger partial charge on any atom is -0.494 e. The quantitative estimate of drug-likeness (QED) is 0.622. The lowest BCUT2D eigenvalue weighted by atomic mass is 9.98. The number of H-pyrrole nitrogens is 1. The second-order valence-electron chi connectivity index (χ2n) is 7.46. The molecule has 1 atom stereocenters. The number of nitrogens with one attached hydrogen (secondary N) is 2. The van der Waals surface area contributed by atoms with Gasteiger partial charge in [-0.3, -0.25) is 9.59 Å². The molecule has 6 nitrogen and oxygen atoms in total. The summed E-state index contributed by atoms with van der Waals surface area (Å²) >= 11 is 0. The molecule has 8 heteroatoms. The van der Waals surface area contributed by atoms with Crippen LogP contribution in [0.15, 0.2) is 47.3 Å². The van der Waals surface area contributed by atoms with Gasteiger partial charge in [0.1, 0.15) is 11.6 Å². The molecule has 2 aromatic carbocycles. The number of hydrogen-bond acceptors (Lipinski definition) is 4. The molecule has 1 aliphatic carbocycles. The molecular weight excluding hydrogens is 404 g/mol. The van der Waals surface area contributed by atoms with Crippen LogP contribution in [-0.2, 0) is 17.6 Å². The maximum atomic E-state index is 13.9. The van der Waals surface area contributed by atoms with Crippen molar-refractivity contribution in [2.75, 3.05) is 12.4 Å². The molecule has 3 aromatic rings. The number of hydrogen-bond donors (Lipinski definition) is 2. The lowest BCUT2D eigenvalue weighted by Gasteiger charge is -2.14. The average molecular weight is 425 g/mol. The van der Waals surface area contributed by atoms with Gasteiger partial charge in [-0.1, -0.05) is 0 Å². The van der Waals surface area contributed by atoms with Crippen molar-refractivity contribution in [2.45, 2.75) is 25.7 Å². The number of halogens is 2. The molecule has 0 saturated carbocycles. The van der Waals surface area contributed by atoms with Crippen LogP contribution in [-0.4, -0.2) is 23.0 Å². The Hall–Kier alpha value is -3.55. The van der Waals surface area contributed by atoms with E-state index in [2.05, 4.69) is 15.3 Å². The van der Waals surface area contributed by atoms with Crippen molar-refractivity contribution in [2.24, 2.45) is 5.92 Å². The van der Waals surface area contributed by atoms with Gasteiger partial charge < -0.3 is 15.0 Å². The molecule has 0 spiro atoms. The summed E-state index contributed by atoms with van der Waals surface area (Å²) in [5.41, 5.74) is 1.93. The Labute approximate surface area is 177 Å². The normalized spacial score (nSPS) is 15.6. The van der Waals surface area contributed by atoms with E-state index in [1.165, 1.54) is 31.4 Å². The van der Waals surface area contributed by atoms with E-state index in [0.717, 1.165) is 0 Å². The van der Waals surface area contributed by atoms with Gasteiger partial charge in [0.2, 0.25) is 5.91 Å². The van der Waals surface area contributed by atoms with E-state index in [-0.39, 0.29) is 29.0 Å². The number of nitrogens with zero attached hydrogens (tertiary/aromatic N) is 1. The van der Waals surface area contributed by atoms with E-state index in [1.807, 2.05) is 0 Å². The molecule has 0 bridgehead atoms. The predicted molar refractivity (Wildman–Crippen MR) is 112 cm³/mol. The Morgan fingerprint density at radius 3 is 2.58 bits per heavy atom. The zero-order valence-corrected chi connectivity index (χ0v) is 16.9. The Bertz CT molecular complexity index is 1180. The standard InChI is InChI=1S/C23H21F2N3O3/c1-31-20-11-8-16(12-18(20)25)26-22(29)14-4-9-17-19(10-5-14)27-21(28-23(17)30)13-2-6-15(24)7-3-13/h2-3,6-8,11-12,14H,4-5,9-10H2,1H3,(H,26,29)(H,27,28,30). The molecular formula is C23H21F2N3O3. The zero-order valence-electron chi connectivity index (χ0n) is 16.9. The fourth-order valence-electron chi connectivity index (χ4n) is 3.78. The van der Waals surface area contributed by atoms with Gasteiger partial charge in [0, 0.05) is 28.8 Å². The highest BCUT2D eigenvalue weighted by Crippen LogP contribution is 2.26. The van der Waals surface area contributed by atoms with Crippen molar-refractivity contribution in [3.8, 4) is 17.1 Å². The summed E-state index contributed by atoms with van der Waals surface area (Å²) < 4.78 is 32.0. The van der Waals surface area contributed by atoms with Gasteiger partial charge in [-0.2, -0.15) is 0 Å². The number of aromatic nitrogens is 2. The van der Waals surface area contributed by atoms with Crippen molar-refractivity contribution < 1.29 is 18.3 Å². The highest BCUT2D eigenvalue weighted by molar-refractivity contribution is 5.92. The van der Waals surface area contributed by atoms with E-state index in [1.54, 1.807) is 18.2 Å². The first kappa shape index (κ1) is 20.7. The summed E-state index contributed by atoms with van der Waals surface area (Å²) in [4.78, 5) is 32.7. The third kappa shape index (κ3) is 4.47. The van der Waals surface area contributed by atoms with Gasteiger partial charge in [-0.25, -0.2) is 13.8 Å². The third-order valence-corrected chi connectivity index (χ3v) is 5.48. The van der Waals surface area contributed by atoms with Gasteiger partial charge in [0.25, 0.3) is 5.56 Å². The van der Waals surface area contributed by atoms with Gasteiger partial charge in [-0.15, -0.1) is 0 Å². The van der Waals surface area contributed by atoms with Gasteiger partial charge in [-0.05, 0) is 62.1 Å². The summed E-state index contributed by atoms with van der Waals surface area (Å²) in [7, 11) is 1.37. The van der Waals surface area contributed by atoms with Crippen molar-refractivity contribution in [1.82, 2.24) is 9.97 Å². The zero-order chi connectivity index (χ0) is 22.0. The molecule has 0 radical (unpaired) electrons. The second kappa shape index (κ2) is 8.67. The first-order chi connectivity index (χ1) is 14.9. The number of amides is 1. The number of rotatable bonds is 4. The van der Waals surface area contributed by atoms with Crippen molar-refractivity contribution in [3.63, 3.8) is 0 Å². The number of anilines is 1. The van der Waals surface area contributed by atoms with Crippen molar-refractivity contribution in [3.05, 3.63) is 75.7 Å². The fraction of sp³-hybridized carbons (Fsp3) is 0.261. The first-order valence-corrected chi connectivity index (χ1v) is 9.97. The molecule has 1 heterocycles. The van der Waals surface area contributed by atoms with Crippen LogP contribution in [0.4, 0.5) is 14.5 Å². The number of carbonyl (C=O) groups is 1. The SMILES string of the molecule is COc1ccc(NC(=O)C2CCc3nc(-c4ccc(F)cc4)[nH]c(=O)c3CC2)cc1F. The van der Waals surface area contributed by atoms with Crippen LogP contribution < -0.4 is 15.6 Å². The van der Waals surface area contributed by atoms with E-state index in [9.17, 15) is 18.4 Å². The second-order valence-corrected chi connectivity index (χ2v) is 7.46. The number of methoxy groups -OCH3 is 1. The van der Waals surface area contributed by atoms with Crippen LogP contribution in [0, 0.1) is 17.6 Å². The van der Waals surface area contributed by atoms with E-state index in [0.29, 0.717) is 54.0 Å². The fourth-order valence-corrected chi connectivity index (χ4v) is 3.78. The number of aromatic amines is 1. The molecule has 0 fully saturated rings. The number of benzene rings is 2. The number of ether oxygens (including phenoxy) is 1. The van der Waals surface area contributed by atoms with Crippen LogP contribution in [0.25, 0.3) is 11.4 Å². The summed E-state index contributed by atoms with van der Waals surface area (Å²) in [6.07, 6.45) is 1.87. The molecule has 2 N–H and O–H groups in total. The topological polar surface area (TPSA) is 84.1 Å². The highest BCUT2D eigenvalue weighted by Gasteiger charge is 2.25. The van der Waals surface area contributed by atoms with Crippen LogP contribution in [0.3, 0.4) is 0 Å². The summed E-state index contributed by atoms with van der Waals surface area (Å²) in [6.45, 7) is 0. The van der Waals surface area contributed by atoms with Gasteiger partial charge >= 0.3 is 0 Å². The van der Waals surface area contributed by atoms with Crippen LogP contribution in [0.2, 0.25) is 0 Å². The molecule has 0 aliphatic heterocycles. The molecule has 0 saturated heterocycles. The Morgan fingerprint density at radius 2 is 1.87 bits per heavy atom. The van der Waals surface area contributed by atoms with E-state index in [4.69, 9.17) is 4.74 Å². The molecule has 4 rings (SSSR count). The highest BCUT2D eigenvalue weighted by atomic mass is 19.1.